The van der Waals surface area contributed by atoms with Crippen LogP contribution in [0.5, 0.6) is 0 Å². The summed E-state index contributed by atoms with van der Waals surface area (Å²) >= 11 is 0. The molecule has 0 saturated carbocycles. The molecule has 0 aliphatic rings. The van der Waals surface area contributed by atoms with Crippen molar-refractivity contribution in [3.63, 3.8) is 0 Å². The highest BCUT2D eigenvalue weighted by atomic mass is 15.2. The number of hydrogen-bond donors (Lipinski definition) is 0. The van der Waals surface area contributed by atoms with Crippen molar-refractivity contribution < 1.29 is 0 Å². The predicted octanol–water partition coefficient (Wildman–Crippen LogP) is 9.40. The molecule has 0 bridgehead atoms. The Hall–Kier alpha value is -5.71. The van der Waals surface area contributed by atoms with Crippen molar-refractivity contribution in [1.29, 1.82) is 10.5 Å². The molecule has 1 heterocycles. The molecule has 6 aromatic rings. The summed E-state index contributed by atoms with van der Waals surface area (Å²) in [6, 6.07) is 41.4. The highest BCUT2D eigenvalue weighted by Crippen LogP contribution is 2.43. The van der Waals surface area contributed by atoms with E-state index >= 15 is 0 Å². The van der Waals surface area contributed by atoms with Gasteiger partial charge in [0.2, 0.25) is 0 Å². The molecular formula is C37H26N4. The zero-order valence-electron chi connectivity index (χ0n) is 22.8. The second kappa shape index (κ2) is 10.8. The van der Waals surface area contributed by atoms with Crippen molar-refractivity contribution >= 4 is 27.8 Å². The molecule has 0 aliphatic heterocycles. The molecule has 41 heavy (non-hydrogen) atoms. The number of anilines is 3. The topological polar surface area (TPSA) is 63.7 Å². The summed E-state index contributed by atoms with van der Waals surface area (Å²) in [5, 5.41) is 21.8. The van der Waals surface area contributed by atoms with Gasteiger partial charge < -0.3 is 4.90 Å². The fourth-order valence-corrected chi connectivity index (χ4v) is 5.44. The predicted molar refractivity (Wildman–Crippen MR) is 166 cm³/mol. The van der Waals surface area contributed by atoms with E-state index in [0.29, 0.717) is 16.8 Å². The number of nitrogens with zero attached hydrogens (tertiary/aromatic N) is 4. The van der Waals surface area contributed by atoms with Gasteiger partial charge in [0.1, 0.15) is 6.07 Å². The van der Waals surface area contributed by atoms with Gasteiger partial charge in [-0.3, -0.25) is 4.98 Å². The molecule has 1 aromatic heterocycles. The number of aromatic nitrogens is 1. The summed E-state index contributed by atoms with van der Waals surface area (Å²) in [5.74, 6) is 0. The third kappa shape index (κ3) is 4.80. The molecule has 0 spiro atoms. The second-order valence-electron chi connectivity index (χ2n) is 10.1. The summed E-state index contributed by atoms with van der Waals surface area (Å²) in [4.78, 5) is 6.48. The molecule has 0 saturated heterocycles. The quantitative estimate of drug-likeness (QED) is 0.224. The standard InChI is InChI=1S/C37H26N4/c1-25-8-3-5-11-33(25)28-14-15-35-29(19-28)20-30(34-12-6-4-9-26(34)2)21-37(35)41(32-10-7-17-40-24-32)36-16-13-27(22-38)18-31(36)23-39/h3-21,24H,1-2H3. The van der Waals surface area contributed by atoms with Crippen molar-refractivity contribution in [2.45, 2.75) is 13.8 Å². The fourth-order valence-electron chi connectivity index (χ4n) is 5.44. The lowest BCUT2D eigenvalue weighted by molar-refractivity contribution is 1.23. The average molecular weight is 527 g/mol. The van der Waals surface area contributed by atoms with E-state index in [9.17, 15) is 10.5 Å². The van der Waals surface area contributed by atoms with Gasteiger partial charge in [-0.05, 0) is 101 Å². The minimum absolute atomic E-state index is 0.416. The van der Waals surface area contributed by atoms with Gasteiger partial charge in [-0.2, -0.15) is 10.5 Å². The molecule has 0 amide bonds. The fraction of sp³-hybridized carbons (Fsp3) is 0.0541. The van der Waals surface area contributed by atoms with Crippen LogP contribution in [0.25, 0.3) is 33.0 Å². The first-order valence-corrected chi connectivity index (χ1v) is 13.4. The molecule has 0 radical (unpaired) electrons. The summed E-state index contributed by atoms with van der Waals surface area (Å²) in [6.07, 6.45) is 3.54. The van der Waals surface area contributed by atoms with Crippen LogP contribution in [-0.2, 0) is 0 Å². The van der Waals surface area contributed by atoms with Crippen LogP contribution in [0.15, 0.2) is 122 Å². The van der Waals surface area contributed by atoms with Gasteiger partial charge in [0.15, 0.2) is 0 Å². The Kier molecular flexibility index (Phi) is 6.74. The van der Waals surface area contributed by atoms with Gasteiger partial charge >= 0.3 is 0 Å². The van der Waals surface area contributed by atoms with E-state index in [1.54, 1.807) is 24.5 Å². The van der Waals surface area contributed by atoms with E-state index in [2.05, 4.69) is 115 Å². The minimum atomic E-state index is 0.416. The van der Waals surface area contributed by atoms with Crippen molar-refractivity contribution in [3.8, 4) is 34.4 Å². The molecule has 0 unspecified atom stereocenters. The van der Waals surface area contributed by atoms with Crippen molar-refractivity contribution in [1.82, 2.24) is 4.98 Å². The lowest BCUT2D eigenvalue weighted by Crippen LogP contribution is -2.13. The Morgan fingerprint density at radius 1 is 0.634 bits per heavy atom. The van der Waals surface area contributed by atoms with E-state index in [1.165, 1.54) is 16.7 Å². The number of rotatable bonds is 5. The van der Waals surface area contributed by atoms with E-state index < -0.39 is 0 Å². The SMILES string of the molecule is Cc1ccccc1-c1ccc2c(N(c3cccnc3)c3ccc(C#N)cc3C#N)cc(-c3ccccc3C)cc2c1. The summed E-state index contributed by atoms with van der Waals surface area (Å²) in [5.41, 5.74) is 10.2. The smallest absolute Gasteiger partial charge is 0.101 e. The van der Waals surface area contributed by atoms with Crippen LogP contribution in [0, 0.1) is 36.5 Å². The van der Waals surface area contributed by atoms with Crippen LogP contribution in [0.1, 0.15) is 22.3 Å². The molecule has 0 aliphatic carbocycles. The zero-order valence-corrected chi connectivity index (χ0v) is 22.8. The van der Waals surface area contributed by atoms with Gasteiger partial charge in [0.25, 0.3) is 0 Å². The Bertz CT molecular complexity index is 1990. The molecule has 0 fully saturated rings. The Labute approximate surface area is 240 Å². The molecular weight excluding hydrogens is 500 g/mol. The first-order chi connectivity index (χ1) is 20.1. The Balaban J connectivity index is 1.69. The highest BCUT2D eigenvalue weighted by Gasteiger charge is 2.21. The van der Waals surface area contributed by atoms with Crippen molar-refractivity contribution in [2.75, 3.05) is 4.90 Å². The van der Waals surface area contributed by atoms with E-state index in [1.807, 2.05) is 18.2 Å². The summed E-state index contributed by atoms with van der Waals surface area (Å²) in [6.45, 7) is 4.25. The molecule has 194 valence electrons. The summed E-state index contributed by atoms with van der Waals surface area (Å²) in [7, 11) is 0. The van der Waals surface area contributed by atoms with Gasteiger partial charge in [-0.15, -0.1) is 0 Å². The third-order valence-corrected chi connectivity index (χ3v) is 7.47. The molecule has 4 nitrogen and oxygen atoms in total. The van der Waals surface area contributed by atoms with Crippen molar-refractivity contribution in [2.24, 2.45) is 0 Å². The molecule has 4 heteroatoms. The van der Waals surface area contributed by atoms with Gasteiger partial charge in [-0.1, -0.05) is 60.7 Å². The maximum Gasteiger partial charge on any atom is 0.101 e. The lowest BCUT2D eigenvalue weighted by Gasteiger charge is -2.28. The largest absolute Gasteiger partial charge is 0.307 e. The summed E-state index contributed by atoms with van der Waals surface area (Å²) < 4.78 is 0. The van der Waals surface area contributed by atoms with Crippen LogP contribution in [0.4, 0.5) is 17.1 Å². The normalized spacial score (nSPS) is 10.6. The van der Waals surface area contributed by atoms with E-state index in [-0.39, 0.29) is 0 Å². The average Bonchev–Trinajstić information content (AvgIpc) is 3.02. The van der Waals surface area contributed by atoms with Crippen LogP contribution < -0.4 is 4.90 Å². The van der Waals surface area contributed by atoms with E-state index in [0.717, 1.165) is 38.8 Å². The zero-order chi connectivity index (χ0) is 28.3. The number of nitriles is 2. The third-order valence-electron chi connectivity index (χ3n) is 7.47. The number of benzene rings is 5. The number of aryl methyl sites for hydroxylation is 2. The monoisotopic (exact) mass is 526 g/mol. The molecule has 0 atom stereocenters. The number of pyridine rings is 1. The van der Waals surface area contributed by atoms with Gasteiger partial charge in [0, 0.05) is 11.6 Å². The highest BCUT2D eigenvalue weighted by molar-refractivity contribution is 6.04. The molecule has 6 rings (SSSR count). The van der Waals surface area contributed by atoms with Gasteiger partial charge in [0.05, 0.1) is 40.5 Å². The Morgan fingerprint density at radius 3 is 2.00 bits per heavy atom. The lowest BCUT2D eigenvalue weighted by atomic mass is 9.93. The maximum atomic E-state index is 10.2. The first kappa shape index (κ1) is 25.6. The molecule has 5 aromatic carbocycles. The van der Waals surface area contributed by atoms with Crippen LogP contribution in [0.3, 0.4) is 0 Å². The maximum absolute atomic E-state index is 10.2. The number of hydrogen-bond acceptors (Lipinski definition) is 4. The van der Waals surface area contributed by atoms with Crippen LogP contribution in [0.2, 0.25) is 0 Å². The first-order valence-electron chi connectivity index (χ1n) is 13.4. The van der Waals surface area contributed by atoms with Crippen molar-refractivity contribution in [3.05, 3.63) is 144 Å². The van der Waals surface area contributed by atoms with E-state index in [4.69, 9.17) is 0 Å². The second-order valence-corrected chi connectivity index (χ2v) is 10.1. The van der Waals surface area contributed by atoms with Gasteiger partial charge in [-0.25, -0.2) is 0 Å². The van der Waals surface area contributed by atoms with Crippen LogP contribution >= 0.6 is 0 Å². The Morgan fingerprint density at radius 2 is 1.34 bits per heavy atom. The number of fused-ring (bicyclic) bond motifs is 1. The minimum Gasteiger partial charge on any atom is -0.307 e. The molecule has 0 N–H and O–H groups in total. The van der Waals surface area contributed by atoms with Crippen LogP contribution in [-0.4, -0.2) is 4.98 Å².